The third-order valence-corrected chi connectivity index (χ3v) is 6.84. The molecule has 7 heteroatoms. The molecule has 7 nitrogen and oxygen atoms in total. The largest absolute Gasteiger partial charge is 0.444 e. The van der Waals surface area contributed by atoms with E-state index in [1.165, 1.54) is 0 Å². The molecule has 1 fully saturated rings. The normalized spacial score (nSPS) is 22.2. The number of nitrogens with zero attached hydrogens (tertiary/aromatic N) is 3. The number of fused-ring (bicyclic) bond motifs is 3. The summed E-state index contributed by atoms with van der Waals surface area (Å²) in [4.78, 5) is 31.8. The fourth-order valence-electron chi connectivity index (χ4n) is 4.88. The van der Waals surface area contributed by atoms with Crippen LogP contribution in [-0.2, 0) is 17.7 Å². The average molecular weight is 442 g/mol. The molecule has 2 aliphatic rings. The SMILES string of the molecule is Cc1c(N2C[C@@H](C)N(C)[C@@H](C)C2)ccc2c3c(c(=O)oc12)CN(C(=O)OC(C)(C)C)CC3. The number of likely N-dealkylation sites (N-methyl/N-ethyl adjacent to an activating group) is 1. The molecule has 3 heterocycles. The number of aryl methyl sites for hydroxylation is 1. The Morgan fingerprint density at radius 3 is 2.41 bits per heavy atom. The Balaban J connectivity index is 1.68. The van der Waals surface area contributed by atoms with Gasteiger partial charge in [-0.1, -0.05) is 0 Å². The highest BCUT2D eigenvalue weighted by molar-refractivity contribution is 5.89. The summed E-state index contributed by atoms with van der Waals surface area (Å²) in [5.41, 5.74) is 3.41. The lowest BCUT2D eigenvalue weighted by molar-refractivity contribution is 0.0222. The Labute approximate surface area is 189 Å². The summed E-state index contributed by atoms with van der Waals surface area (Å²) in [5, 5.41) is 0.972. The Kier molecular flexibility index (Phi) is 5.74. The van der Waals surface area contributed by atoms with Gasteiger partial charge in [-0.2, -0.15) is 0 Å². The number of amides is 1. The minimum absolute atomic E-state index is 0.219. The molecule has 0 radical (unpaired) electrons. The highest BCUT2D eigenvalue weighted by Gasteiger charge is 2.31. The highest BCUT2D eigenvalue weighted by atomic mass is 16.6. The number of ether oxygens (including phenoxy) is 1. The molecule has 174 valence electrons. The monoisotopic (exact) mass is 441 g/mol. The van der Waals surface area contributed by atoms with Crippen molar-refractivity contribution in [2.24, 2.45) is 0 Å². The van der Waals surface area contributed by atoms with Crippen molar-refractivity contribution in [3.63, 3.8) is 0 Å². The van der Waals surface area contributed by atoms with Crippen LogP contribution in [0.4, 0.5) is 10.5 Å². The number of rotatable bonds is 1. The summed E-state index contributed by atoms with van der Waals surface area (Å²) >= 11 is 0. The van der Waals surface area contributed by atoms with Crippen LogP contribution in [0.5, 0.6) is 0 Å². The second kappa shape index (κ2) is 8.10. The standard InChI is InChI=1S/C25H35N3O4/c1-15-12-28(13-16(2)26(15)7)21-9-8-19-18-10-11-27(24(30)32-25(4,5)6)14-20(18)23(29)31-22(19)17(21)3/h8-9,15-16H,10-14H2,1-7H3/t15-,16+. The summed E-state index contributed by atoms with van der Waals surface area (Å²) in [7, 11) is 2.17. The van der Waals surface area contributed by atoms with E-state index in [0.717, 1.165) is 35.3 Å². The van der Waals surface area contributed by atoms with Crippen molar-refractivity contribution >= 4 is 22.7 Å². The number of benzene rings is 1. The van der Waals surface area contributed by atoms with Crippen LogP contribution in [0, 0.1) is 6.92 Å². The van der Waals surface area contributed by atoms with Gasteiger partial charge in [0, 0.05) is 48.4 Å². The van der Waals surface area contributed by atoms with E-state index in [4.69, 9.17) is 9.15 Å². The second-order valence-corrected chi connectivity index (χ2v) is 10.4. The van der Waals surface area contributed by atoms with E-state index in [0.29, 0.717) is 36.2 Å². The van der Waals surface area contributed by atoms with Gasteiger partial charge in [0.1, 0.15) is 11.2 Å². The third-order valence-electron chi connectivity index (χ3n) is 6.84. The lowest BCUT2D eigenvalue weighted by Gasteiger charge is -2.44. The van der Waals surface area contributed by atoms with E-state index >= 15 is 0 Å². The first kappa shape index (κ1) is 22.6. The van der Waals surface area contributed by atoms with Crippen molar-refractivity contribution in [1.29, 1.82) is 0 Å². The number of carbonyl (C=O) groups is 1. The van der Waals surface area contributed by atoms with Gasteiger partial charge in [0.15, 0.2) is 0 Å². The molecule has 2 atom stereocenters. The topological polar surface area (TPSA) is 66.2 Å². The average Bonchev–Trinajstić information content (AvgIpc) is 2.71. The van der Waals surface area contributed by atoms with E-state index in [1.807, 2.05) is 27.7 Å². The number of anilines is 1. The maximum Gasteiger partial charge on any atom is 0.410 e. The van der Waals surface area contributed by atoms with E-state index in [2.05, 4.69) is 42.8 Å². The predicted octanol–water partition coefficient (Wildman–Crippen LogP) is 3.92. The van der Waals surface area contributed by atoms with Crippen molar-refractivity contribution in [2.75, 3.05) is 31.6 Å². The van der Waals surface area contributed by atoms with E-state index in [1.54, 1.807) is 4.90 Å². The zero-order chi connectivity index (χ0) is 23.4. The molecule has 1 amide bonds. The number of hydrogen-bond acceptors (Lipinski definition) is 6. The molecule has 0 bridgehead atoms. The molecule has 1 aromatic carbocycles. The van der Waals surface area contributed by atoms with Crippen LogP contribution in [0.2, 0.25) is 0 Å². The second-order valence-electron chi connectivity index (χ2n) is 10.4. The van der Waals surface area contributed by atoms with Crippen LogP contribution in [-0.4, -0.2) is 60.3 Å². The summed E-state index contributed by atoms with van der Waals surface area (Å²) in [6.45, 7) is 14.7. The molecule has 0 aliphatic carbocycles. The Bertz CT molecular complexity index is 1090. The molecule has 0 N–H and O–H groups in total. The van der Waals surface area contributed by atoms with Crippen molar-refractivity contribution in [3.8, 4) is 0 Å². The van der Waals surface area contributed by atoms with Crippen molar-refractivity contribution in [1.82, 2.24) is 9.80 Å². The Morgan fingerprint density at radius 2 is 1.78 bits per heavy atom. The van der Waals surface area contributed by atoms with Gasteiger partial charge in [0.05, 0.1) is 12.1 Å². The molecule has 0 spiro atoms. The van der Waals surface area contributed by atoms with Crippen molar-refractivity contribution in [2.45, 2.75) is 72.2 Å². The first-order valence-corrected chi connectivity index (χ1v) is 11.5. The molecule has 1 aromatic heterocycles. The van der Waals surface area contributed by atoms with Crippen molar-refractivity contribution in [3.05, 3.63) is 39.2 Å². The molecule has 1 saturated heterocycles. The van der Waals surface area contributed by atoms with Gasteiger partial charge in [0.2, 0.25) is 0 Å². The molecular formula is C25H35N3O4. The maximum atomic E-state index is 13.0. The van der Waals surface area contributed by atoms with Gasteiger partial charge in [-0.15, -0.1) is 0 Å². The van der Waals surface area contributed by atoms with Crippen LogP contribution < -0.4 is 10.5 Å². The van der Waals surface area contributed by atoms with Crippen LogP contribution >= 0.6 is 0 Å². The summed E-state index contributed by atoms with van der Waals surface area (Å²) < 4.78 is 11.3. The van der Waals surface area contributed by atoms with Crippen LogP contribution in [0.25, 0.3) is 11.0 Å². The quantitative estimate of drug-likeness (QED) is 0.625. The summed E-state index contributed by atoms with van der Waals surface area (Å²) in [6.07, 6.45) is 0.213. The van der Waals surface area contributed by atoms with Gasteiger partial charge in [-0.05, 0) is 72.7 Å². The molecule has 0 unspecified atom stereocenters. The lowest BCUT2D eigenvalue weighted by atomic mass is 9.95. The molecule has 4 rings (SSSR count). The lowest BCUT2D eigenvalue weighted by Crippen LogP contribution is -2.55. The first-order chi connectivity index (χ1) is 15.0. The van der Waals surface area contributed by atoms with E-state index in [-0.39, 0.29) is 12.2 Å². The minimum atomic E-state index is -0.572. The Morgan fingerprint density at radius 1 is 1.12 bits per heavy atom. The highest BCUT2D eigenvalue weighted by Crippen LogP contribution is 2.34. The Hall–Kier alpha value is -2.54. The van der Waals surface area contributed by atoms with Gasteiger partial charge >= 0.3 is 11.7 Å². The minimum Gasteiger partial charge on any atom is -0.444 e. The van der Waals surface area contributed by atoms with Crippen LogP contribution in [0.3, 0.4) is 0 Å². The number of carbonyl (C=O) groups excluding carboxylic acids is 1. The zero-order valence-electron chi connectivity index (χ0n) is 20.3. The smallest absolute Gasteiger partial charge is 0.410 e. The predicted molar refractivity (Wildman–Crippen MR) is 126 cm³/mol. The first-order valence-electron chi connectivity index (χ1n) is 11.5. The number of piperazine rings is 1. The molecule has 0 saturated carbocycles. The molecular weight excluding hydrogens is 406 g/mol. The molecule has 2 aromatic rings. The molecule has 2 aliphatic heterocycles. The third kappa shape index (κ3) is 4.10. The molecule has 32 heavy (non-hydrogen) atoms. The van der Waals surface area contributed by atoms with Gasteiger partial charge < -0.3 is 19.0 Å². The van der Waals surface area contributed by atoms with Crippen molar-refractivity contribution < 1.29 is 13.9 Å². The maximum absolute atomic E-state index is 13.0. The summed E-state index contributed by atoms with van der Waals surface area (Å²) in [6, 6.07) is 5.13. The number of hydrogen-bond donors (Lipinski definition) is 0. The van der Waals surface area contributed by atoms with Crippen LogP contribution in [0.15, 0.2) is 21.3 Å². The fourth-order valence-corrected chi connectivity index (χ4v) is 4.88. The zero-order valence-corrected chi connectivity index (χ0v) is 20.3. The van der Waals surface area contributed by atoms with E-state index < -0.39 is 11.7 Å². The van der Waals surface area contributed by atoms with Gasteiger partial charge in [-0.3, -0.25) is 4.90 Å². The summed E-state index contributed by atoms with van der Waals surface area (Å²) in [5.74, 6) is 0. The van der Waals surface area contributed by atoms with E-state index in [9.17, 15) is 9.59 Å². The fraction of sp³-hybridized carbons (Fsp3) is 0.600. The van der Waals surface area contributed by atoms with Gasteiger partial charge in [0.25, 0.3) is 0 Å². The van der Waals surface area contributed by atoms with Crippen LogP contribution in [0.1, 0.15) is 51.3 Å². The van der Waals surface area contributed by atoms with Gasteiger partial charge in [-0.25, -0.2) is 9.59 Å².